The third-order valence-electron chi connectivity index (χ3n) is 2.66. The van der Waals surface area contributed by atoms with E-state index < -0.39 is 5.97 Å². The Balaban J connectivity index is 2.41. The number of halogens is 1. The molecule has 0 spiro atoms. The number of nitrogens with zero attached hydrogens (tertiary/aromatic N) is 1. The Hall–Kier alpha value is -1.22. The number of carboxylic acids is 1. The van der Waals surface area contributed by atoms with Gasteiger partial charge in [-0.05, 0) is 31.0 Å². The zero-order chi connectivity index (χ0) is 11.0. The molecule has 1 aliphatic rings. The van der Waals surface area contributed by atoms with E-state index in [2.05, 4.69) is 0 Å². The lowest BCUT2D eigenvalue weighted by Gasteiger charge is -2.20. The molecular weight excluding hydrogens is 214 g/mol. The first kappa shape index (κ1) is 10.3. The van der Waals surface area contributed by atoms with Crippen molar-refractivity contribution in [2.24, 2.45) is 0 Å². The second kappa shape index (κ2) is 3.74. The zero-order valence-electron chi connectivity index (χ0n) is 8.40. The fourth-order valence-electron chi connectivity index (χ4n) is 1.64. The van der Waals surface area contributed by atoms with Gasteiger partial charge in [-0.1, -0.05) is 11.6 Å². The third kappa shape index (κ3) is 2.07. The molecule has 0 radical (unpaired) electrons. The van der Waals surface area contributed by atoms with Crippen molar-refractivity contribution in [3.63, 3.8) is 0 Å². The summed E-state index contributed by atoms with van der Waals surface area (Å²) in [7, 11) is 1.91. The summed E-state index contributed by atoms with van der Waals surface area (Å²) in [6.45, 7) is 0. The maximum absolute atomic E-state index is 11.0. The summed E-state index contributed by atoms with van der Waals surface area (Å²) < 4.78 is 0. The van der Waals surface area contributed by atoms with E-state index in [1.165, 1.54) is 0 Å². The zero-order valence-corrected chi connectivity index (χ0v) is 9.16. The highest BCUT2D eigenvalue weighted by Crippen LogP contribution is 2.33. The number of aromatic carboxylic acids is 1. The van der Waals surface area contributed by atoms with Crippen molar-refractivity contribution in [1.29, 1.82) is 0 Å². The highest BCUT2D eigenvalue weighted by molar-refractivity contribution is 6.31. The van der Waals surface area contributed by atoms with Crippen molar-refractivity contribution in [2.45, 2.75) is 18.9 Å². The van der Waals surface area contributed by atoms with E-state index in [-0.39, 0.29) is 0 Å². The van der Waals surface area contributed by atoms with E-state index >= 15 is 0 Å². The fraction of sp³-hybridized carbons (Fsp3) is 0.364. The molecule has 1 fully saturated rings. The number of carboxylic acid groups (broad SMARTS) is 1. The molecule has 0 saturated heterocycles. The van der Waals surface area contributed by atoms with Gasteiger partial charge in [0.05, 0.1) is 11.3 Å². The number of hydrogen-bond acceptors (Lipinski definition) is 2. The first-order chi connectivity index (χ1) is 7.09. The molecule has 0 atom stereocenters. The average molecular weight is 226 g/mol. The second-order valence-corrected chi connectivity index (χ2v) is 4.25. The fourth-order valence-corrected chi connectivity index (χ4v) is 1.80. The molecule has 0 aromatic heterocycles. The molecule has 1 aliphatic carbocycles. The third-order valence-corrected chi connectivity index (χ3v) is 2.90. The molecule has 0 unspecified atom stereocenters. The van der Waals surface area contributed by atoms with Crippen molar-refractivity contribution in [3.8, 4) is 0 Å². The molecular formula is C11H12ClNO2. The molecule has 2 rings (SSSR count). The normalized spacial score (nSPS) is 15.1. The van der Waals surface area contributed by atoms with Gasteiger partial charge in [-0.15, -0.1) is 0 Å². The molecule has 1 aromatic carbocycles. The summed E-state index contributed by atoms with van der Waals surface area (Å²) >= 11 is 5.87. The largest absolute Gasteiger partial charge is 0.478 e. The standard InChI is InChI=1S/C11H12ClNO2/c1-13(8-3-4-8)10-6-7(12)2-5-9(10)11(14)15/h2,5-6,8H,3-4H2,1H3,(H,14,15). The number of benzene rings is 1. The van der Waals surface area contributed by atoms with Crippen LogP contribution in [0.5, 0.6) is 0 Å². The summed E-state index contributed by atoms with van der Waals surface area (Å²) in [4.78, 5) is 13.0. The maximum atomic E-state index is 11.0. The van der Waals surface area contributed by atoms with Gasteiger partial charge in [-0.25, -0.2) is 4.79 Å². The highest BCUT2D eigenvalue weighted by Gasteiger charge is 2.28. The minimum Gasteiger partial charge on any atom is -0.478 e. The Labute approximate surface area is 93.3 Å². The van der Waals surface area contributed by atoms with Crippen LogP contribution in [0, 0.1) is 0 Å². The summed E-state index contributed by atoms with van der Waals surface area (Å²) in [6, 6.07) is 5.35. The van der Waals surface area contributed by atoms with Gasteiger partial charge in [0.15, 0.2) is 0 Å². The molecule has 0 amide bonds. The average Bonchev–Trinajstić information content (AvgIpc) is 2.99. The van der Waals surface area contributed by atoms with Gasteiger partial charge >= 0.3 is 5.97 Å². The van der Waals surface area contributed by atoms with Gasteiger partial charge in [0.2, 0.25) is 0 Å². The van der Waals surface area contributed by atoms with Crippen LogP contribution in [-0.2, 0) is 0 Å². The molecule has 4 heteroatoms. The van der Waals surface area contributed by atoms with Crippen LogP contribution in [0.3, 0.4) is 0 Å². The minimum atomic E-state index is -0.908. The Morgan fingerprint density at radius 1 is 1.53 bits per heavy atom. The van der Waals surface area contributed by atoms with Crippen LogP contribution in [0.4, 0.5) is 5.69 Å². The van der Waals surface area contributed by atoms with E-state index in [1.54, 1.807) is 18.2 Å². The van der Waals surface area contributed by atoms with Crippen molar-refractivity contribution in [3.05, 3.63) is 28.8 Å². The smallest absolute Gasteiger partial charge is 0.337 e. The Bertz CT molecular complexity index is 402. The molecule has 1 aromatic rings. The molecule has 80 valence electrons. The van der Waals surface area contributed by atoms with Crippen LogP contribution in [0.2, 0.25) is 5.02 Å². The van der Waals surface area contributed by atoms with Gasteiger partial charge in [-0.3, -0.25) is 0 Å². The summed E-state index contributed by atoms with van der Waals surface area (Å²) in [5, 5.41) is 9.61. The summed E-state index contributed by atoms with van der Waals surface area (Å²) in [5.41, 5.74) is 1.02. The Morgan fingerprint density at radius 2 is 2.20 bits per heavy atom. The lowest BCUT2D eigenvalue weighted by atomic mass is 10.1. The van der Waals surface area contributed by atoms with Crippen molar-refractivity contribution >= 4 is 23.3 Å². The predicted molar refractivity (Wildman–Crippen MR) is 59.8 cm³/mol. The molecule has 0 heterocycles. The number of anilines is 1. The summed E-state index contributed by atoms with van der Waals surface area (Å²) in [6.07, 6.45) is 2.25. The molecule has 3 nitrogen and oxygen atoms in total. The lowest BCUT2D eigenvalue weighted by molar-refractivity contribution is 0.0697. The van der Waals surface area contributed by atoms with E-state index in [0.717, 1.165) is 12.8 Å². The van der Waals surface area contributed by atoms with Gasteiger partial charge in [0, 0.05) is 18.1 Å². The topological polar surface area (TPSA) is 40.5 Å². The van der Waals surface area contributed by atoms with Gasteiger partial charge < -0.3 is 10.0 Å². The first-order valence-corrected chi connectivity index (χ1v) is 5.23. The maximum Gasteiger partial charge on any atom is 0.337 e. The van der Waals surface area contributed by atoms with Gasteiger partial charge in [0.1, 0.15) is 0 Å². The molecule has 1 saturated carbocycles. The van der Waals surface area contributed by atoms with Crippen LogP contribution in [0.25, 0.3) is 0 Å². The van der Waals surface area contributed by atoms with Gasteiger partial charge in [0.25, 0.3) is 0 Å². The number of hydrogen-bond donors (Lipinski definition) is 1. The van der Waals surface area contributed by atoms with E-state index in [1.807, 2.05) is 11.9 Å². The van der Waals surface area contributed by atoms with Crippen LogP contribution < -0.4 is 4.90 Å². The van der Waals surface area contributed by atoms with Gasteiger partial charge in [-0.2, -0.15) is 0 Å². The predicted octanol–water partition coefficient (Wildman–Crippen LogP) is 2.64. The Morgan fingerprint density at radius 3 is 2.73 bits per heavy atom. The second-order valence-electron chi connectivity index (χ2n) is 3.81. The Kier molecular flexibility index (Phi) is 2.57. The molecule has 0 aliphatic heterocycles. The van der Waals surface area contributed by atoms with Crippen molar-refractivity contribution in [1.82, 2.24) is 0 Å². The van der Waals surface area contributed by atoms with Crippen LogP contribution >= 0.6 is 11.6 Å². The first-order valence-electron chi connectivity index (χ1n) is 4.85. The van der Waals surface area contributed by atoms with Crippen LogP contribution in [-0.4, -0.2) is 24.2 Å². The molecule has 1 N–H and O–H groups in total. The minimum absolute atomic E-state index is 0.314. The van der Waals surface area contributed by atoms with E-state index in [9.17, 15) is 4.79 Å². The number of carbonyl (C=O) groups is 1. The van der Waals surface area contributed by atoms with E-state index in [4.69, 9.17) is 16.7 Å². The van der Waals surface area contributed by atoms with Crippen LogP contribution in [0.15, 0.2) is 18.2 Å². The SMILES string of the molecule is CN(c1cc(Cl)ccc1C(=O)O)C1CC1. The van der Waals surface area contributed by atoms with Crippen LogP contribution in [0.1, 0.15) is 23.2 Å². The highest BCUT2D eigenvalue weighted by atomic mass is 35.5. The van der Waals surface area contributed by atoms with Crippen molar-refractivity contribution in [2.75, 3.05) is 11.9 Å². The van der Waals surface area contributed by atoms with E-state index in [0.29, 0.717) is 22.3 Å². The lowest BCUT2D eigenvalue weighted by Crippen LogP contribution is -2.22. The van der Waals surface area contributed by atoms with Crippen molar-refractivity contribution < 1.29 is 9.90 Å². The monoisotopic (exact) mass is 225 g/mol. The molecule has 0 bridgehead atoms. The number of rotatable bonds is 3. The molecule has 15 heavy (non-hydrogen) atoms. The summed E-state index contributed by atoms with van der Waals surface area (Å²) in [5.74, 6) is -0.908. The quantitative estimate of drug-likeness (QED) is 0.860.